The van der Waals surface area contributed by atoms with Crippen molar-refractivity contribution in [2.24, 2.45) is 5.92 Å². The van der Waals surface area contributed by atoms with Crippen LogP contribution >= 0.6 is 0 Å². The summed E-state index contributed by atoms with van der Waals surface area (Å²) >= 11 is 0. The lowest BCUT2D eigenvalue weighted by atomic mass is 10.1. The smallest absolute Gasteiger partial charge is 0.312 e. The maximum Gasteiger partial charge on any atom is 0.312 e. The fraction of sp³-hybridized carbons (Fsp3) is 0.385. The van der Waals surface area contributed by atoms with E-state index in [2.05, 4.69) is 20.4 Å². The number of nitrogens with one attached hydrogen (secondary N) is 1. The quantitative estimate of drug-likeness (QED) is 0.838. The van der Waals surface area contributed by atoms with Gasteiger partial charge < -0.3 is 10.1 Å². The van der Waals surface area contributed by atoms with Crippen molar-refractivity contribution in [1.82, 2.24) is 19.7 Å². The van der Waals surface area contributed by atoms with Crippen LogP contribution in [0.15, 0.2) is 24.5 Å². The maximum absolute atomic E-state index is 11.8. The van der Waals surface area contributed by atoms with Crippen molar-refractivity contribution >= 4 is 11.9 Å². The minimum atomic E-state index is -0.231. The number of carbonyl (C=O) groups is 1. The number of carbonyl (C=O) groups excluding carboxylic acids is 1. The molecule has 7 heteroatoms. The van der Waals surface area contributed by atoms with Crippen molar-refractivity contribution in [2.75, 3.05) is 18.5 Å². The number of pyridine rings is 1. The Morgan fingerprint density at radius 1 is 1.60 bits per heavy atom. The summed E-state index contributed by atoms with van der Waals surface area (Å²) in [5.74, 6) is 0.837. The summed E-state index contributed by atoms with van der Waals surface area (Å²) < 4.78 is 6.74. The summed E-state index contributed by atoms with van der Waals surface area (Å²) in [6.45, 7) is 3.19. The predicted octanol–water partition coefficient (Wildman–Crippen LogP) is 0.945. The number of aromatic nitrogens is 4. The molecular weight excluding hydrogens is 258 g/mol. The Morgan fingerprint density at radius 2 is 2.50 bits per heavy atom. The van der Waals surface area contributed by atoms with Crippen molar-refractivity contribution in [3.63, 3.8) is 0 Å². The van der Waals surface area contributed by atoms with Gasteiger partial charge in [0.1, 0.15) is 0 Å². The van der Waals surface area contributed by atoms with Crippen LogP contribution in [0.4, 0.5) is 5.95 Å². The first kappa shape index (κ1) is 12.6. The van der Waals surface area contributed by atoms with Gasteiger partial charge in [0.2, 0.25) is 5.95 Å². The van der Waals surface area contributed by atoms with Crippen LogP contribution in [0.2, 0.25) is 0 Å². The first-order chi connectivity index (χ1) is 9.78. The van der Waals surface area contributed by atoms with Gasteiger partial charge >= 0.3 is 5.97 Å². The second-order valence-electron chi connectivity index (χ2n) is 4.51. The number of hydrogen-bond acceptors (Lipinski definition) is 6. The number of rotatable bonds is 3. The third kappa shape index (κ3) is 2.34. The highest BCUT2D eigenvalue weighted by Gasteiger charge is 2.27. The molecule has 2 aromatic rings. The summed E-state index contributed by atoms with van der Waals surface area (Å²) in [5, 5.41) is 7.52. The van der Waals surface area contributed by atoms with E-state index in [4.69, 9.17) is 4.74 Å². The highest BCUT2D eigenvalue weighted by Crippen LogP contribution is 2.21. The minimum absolute atomic E-state index is 0.205. The zero-order valence-corrected chi connectivity index (χ0v) is 11.1. The Balaban J connectivity index is 1.81. The zero-order chi connectivity index (χ0) is 13.9. The molecule has 0 radical (unpaired) electrons. The van der Waals surface area contributed by atoms with E-state index in [0.29, 0.717) is 31.5 Å². The van der Waals surface area contributed by atoms with E-state index < -0.39 is 0 Å². The maximum atomic E-state index is 11.8. The van der Waals surface area contributed by atoms with Gasteiger partial charge in [-0.3, -0.25) is 9.78 Å². The second kappa shape index (κ2) is 5.28. The van der Waals surface area contributed by atoms with Crippen LogP contribution < -0.4 is 5.32 Å². The molecule has 1 aliphatic heterocycles. The molecule has 0 saturated heterocycles. The van der Waals surface area contributed by atoms with Crippen LogP contribution in [0.5, 0.6) is 0 Å². The SMILES string of the molecule is CCOC(=O)C1CNc2nc(-c3cccnc3)nn2C1. The molecule has 1 N–H and O–H groups in total. The Kier molecular flexibility index (Phi) is 3.32. The Hall–Kier alpha value is -2.44. The normalized spacial score (nSPS) is 17.1. The second-order valence-corrected chi connectivity index (χ2v) is 4.51. The number of esters is 1. The Bertz CT molecular complexity index is 610. The van der Waals surface area contributed by atoms with Crippen molar-refractivity contribution < 1.29 is 9.53 Å². The van der Waals surface area contributed by atoms with Gasteiger partial charge in [-0.15, -0.1) is 5.10 Å². The molecule has 0 bridgehead atoms. The standard InChI is InChI=1S/C13H15N5O2/c1-2-20-12(19)10-7-15-13-16-11(17-18(13)8-10)9-4-3-5-14-6-9/h3-6,10H,2,7-8H2,1H3,(H,15,16,17). The van der Waals surface area contributed by atoms with E-state index in [-0.39, 0.29) is 11.9 Å². The molecule has 1 unspecified atom stereocenters. The Morgan fingerprint density at radius 3 is 3.25 bits per heavy atom. The predicted molar refractivity (Wildman–Crippen MR) is 71.9 cm³/mol. The molecule has 3 rings (SSSR count). The molecule has 0 amide bonds. The van der Waals surface area contributed by atoms with Gasteiger partial charge in [0, 0.05) is 24.5 Å². The lowest BCUT2D eigenvalue weighted by Crippen LogP contribution is -2.34. The van der Waals surface area contributed by atoms with Crippen molar-refractivity contribution in [1.29, 1.82) is 0 Å². The van der Waals surface area contributed by atoms with E-state index in [1.54, 1.807) is 24.0 Å². The van der Waals surface area contributed by atoms with Gasteiger partial charge in [-0.1, -0.05) is 0 Å². The average Bonchev–Trinajstić information content (AvgIpc) is 2.91. The van der Waals surface area contributed by atoms with Crippen molar-refractivity contribution in [3.05, 3.63) is 24.5 Å². The van der Waals surface area contributed by atoms with E-state index >= 15 is 0 Å². The Labute approximate surface area is 116 Å². The first-order valence-corrected chi connectivity index (χ1v) is 6.53. The van der Waals surface area contributed by atoms with E-state index in [9.17, 15) is 4.79 Å². The molecular formula is C13H15N5O2. The number of anilines is 1. The summed E-state index contributed by atoms with van der Waals surface area (Å²) in [4.78, 5) is 20.2. The van der Waals surface area contributed by atoms with Gasteiger partial charge in [0.25, 0.3) is 0 Å². The van der Waals surface area contributed by atoms with Crippen LogP contribution in [-0.4, -0.2) is 38.9 Å². The van der Waals surface area contributed by atoms with Gasteiger partial charge in [-0.25, -0.2) is 4.68 Å². The molecule has 1 atom stereocenters. The molecule has 0 aromatic carbocycles. The third-order valence-corrected chi connectivity index (χ3v) is 3.11. The number of ether oxygens (including phenoxy) is 1. The molecule has 0 aliphatic carbocycles. The van der Waals surface area contributed by atoms with Crippen LogP contribution in [0.1, 0.15) is 6.92 Å². The number of fused-ring (bicyclic) bond motifs is 1. The van der Waals surface area contributed by atoms with Crippen LogP contribution in [0.3, 0.4) is 0 Å². The zero-order valence-electron chi connectivity index (χ0n) is 11.1. The summed E-state index contributed by atoms with van der Waals surface area (Å²) in [5.41, 5.74) is 0.851. The number of nitrogens with zero attached hydrogens (tertiary/aromatic N) is 4. The molecule has 20 heavy (non-hydrogen) atoms. The lowest BCUT2D eigenvalue weighted by Gasteiger charge is -2.21. The largest absolute Gasteiger partial charge is 0.466 e. The highest BCUT2D eigenvalue weighted by molar-refractivity contribution is 5.73. The minimum Gasteiger partial charge on any atom is -0.466 e. The molecule has 3 heterocycles. The molecule has 7 nitrogen and oxygen atoms in total. The van der Waals surface area contributed by atoms with Gasteiger partial charge in [0.15, 0.2) is 5.82 Å². The van der Waals surface area contributed by atoms with E-state index in [1.807, 2.05) is 12.1 Å². The first-order valence-electron chi connectivity index (χ1n) is 6.53. The monoisotopic (exact) mass is 273 g/mol. The molecule has 0 fully saturated rings. The molecule has 0 spiro atoms. The summed E-state index contributed by atoms with van der Waals surface area (Å²) in [7, 11) is 0. The van der Waals surface area contributed by atoms with E-state index in [0.717, 1.165) is 5.56 Å². The summed E-state index contributed by atoms with van der Waals surface area (Å²) in [6.07, 6.45) is 3.42. The fourth-order valence-electron chi connectivity index (χ4n) is 2.12. The molecule has 2 aromatic heterocycles. The van der Waals surface area contributed by atoms with Crippen LogP contribution in [-0.2, 0) is 16.1 Å². The molecule has 104 valence electrons. The van der Waals surface area contributed by atoms with Gasteiger partial charge in [0.05, 0.1) is 19.1 Å². The van der Waals surface area contributed by atoms with Crippen LogP contribution in [0, 0.1) is 5.92 Å². The van der Waals surface area contributed by atoms with Gasteiger partial charge in [-0.05, 0) is 19.1 Å². The highest BCUT2D eigenvalue weighted by atomic mass is 16.5. The van der Waals surface area contributed by atoms with Crippen LogP contribution in [0.25, 0.3) is 11.4 Å². The fourth-order valence-corrected chi connectivity index (χ4v) is 2.12. The van der Waals surface area contributed by atoms with Crippen molar-refractivity contribution in [3.8, 4) is 11.4 Å². The summed E-state index contributed by atoms with van der Waals surface area (Å²) in [6, 6.07) is 3.74. The average molecular weight is 273 g/mol. The van der Waals surface area contributed by atoms with E-state index in [1.165, 1.54) is 0 Å². The lowest BCUT2D eigenvalue weighted by molar-refractivity contribution is -0.148. The van der Waals surface area contributed by atoms with Gasteiger partial charge in [-0.2, -0.15) is 4.98 Å². The number of hydrogen-bond donors (Lipinski definition) is 1. The van der Waals surface area contributed by atoms with Crippen molar-refractivity contribution in [2.45, 2.75) is 13.5 Å². The molecule has 0 saturated carbocycles. The third-order valence-electron chi connectivity index (χ3n) is 3.11. The topological polar surface area (TPSA) is 81.9 Å². The molecule has 1 aliphatic rings.